The van der Waals surface area contributed by atoms with E-state index in [1.165, 1.54) is 0 Å². The minimum atomic E-state index is -4.53. The lowest BCUT2D eigenvalue weighted by atomic mass is 9.99. The molecular formula is C23H27F3NO3. The van der Waals surface area contributed by atoms with Gasteiger partial charge in [-0.3, -0.25) is 5.11 Å². The lowest BCUT2D eigenvalue weighted by Gasteiger charge is -2.22. The second-order valence-electron chi connectivity index (χ2n) is 7.15. The number of hydrogen-bond acceptors (Lipinski definition) is 2. The molecule has 1 amide bonds. The molecule has 0 bridgehead atoms. The SMILES string of the molecule is CCCCOC(=O)N(CCCC)Cc1cccc(-c2cc(C(F)(F)F)ccc2[O])c1. The van der Waals surface area contributed by atoms with Crippen LogP contribution in [0.4, 0.5) is 18.0 Å². The van der Waals surface area contributed by atoms with Crippen molar-refractivity contribution in [3.8, 4) is 16.9 Å². The summed E-state index contributed by atoms with van der Waals surface area (Å²) in [4.78, 5) is 14.0. The maximum Gasteiger partial charge on any atom is 0.416 e. The lowest BCUT2D eigenvalue weighted by molar-refractivity contribution is -0.137. The third-order valence-corrected chi connectivity index (χ3v) is 4.68. The average Bonchev–Trinajstić information content (AvgIpc) is 2.71. The normalized spacial score (nSPS) is 11.4. The number of carbonyl (C=O) groups excluding carboxylic acids is 1. The number of nitrogens with zero attached hydrogens (tertiary/aromatic N) is 1. The molecule has 2 aromatic rings. The molecule has 1 radical (unpaired) electrons. The van der Waals surface area contributed by atoms with E-state index in [0.717, 1.165) is 43.9 Å². The fourth-order valence-corrected chi connectivity index (χ4v) is 2.97. The zero-order valence-electron chi connectivity index (χ0n) is 17.3. The molecule has 0 aliphatic heterocycles. The smallest absolute Gasteiger partial charge is 0.416 e. The van der Waals surface area contributed by atoms with E-state index < -0.39 is 23.6 Å². The van der Waals surface area contributed by atoms with Gasteiger partial charge in [-0.25, -0.2) is 4.79 Å². The summed E-state index contributed by atoms with van der Waals surface area (Å²) < 4.78 is 44.4. The second kappa shape index (κ2) is 10.9. The molecule has 7 heteroatoms. The molecule has 0 aromatic heterocycles. The summed E-state index contributed by atoms with van der Waals surface area (Å²) in [5, 5.41) is 12.2. The van der Waals surface area contributed by atoms with Crippen LogP contribution in [-0.4, -0.2) is 24.1 Å². The van der Waals surface area contributed by atoms with E-state index in [4.69, 9.17) is 4.74 Å². The number of unbranched alkanes of at least 4 members (excludes halogenated alkanes) is 2. The quantitative estimate of drug-likeness (QED) is 0.406. The molecule has 0 aliphatic rings. The molecule has 0 aliphatic carbocycles. The maximum atomic E-state index is 13.0. The van der Waals surface area contributed by atoms with Crippen molar-refractivity contribution in [2.45, 2.75) is 52.3 Å². The van der Waals surface area contributed by atoms with Gasteiger partial charge in [0.25, 0.3) is 0 Å². The van der Waals surface area contributed by atoms with Crippen molar-refractivity contribution < 1.29 is 27.8 Å². The predicted molar refractivity (Wildman–Crippen MR) is 109 cm³/mol. The van der Waals surface area contributed by atoms with Crippen LogP contribution >= 0.6 is 0 Å². The van der Waals surface area contributed by atoms with Crippen molar-refractivity contribution in [2.75, 3.05) is 13.2 Å². The number of carbonyl (C=O) groups is 1. The van der Waals surface area contributed by atoms with Crippen molar-refractivity contribution in [2.24, 2.45) is 0 Å². The highest BCUT2D eigenvalue weighted by Gasteiger charge is 2.31. The van der Waals surface area contributed by atoms with E-state index in [0.29, 0.717) is 24.3 Å². The summed E-state index contributed by atoms with van der Waals surface area (Å²) in [5.74, 6) is -0.484. The Labute approximate surface area is 175 Å². The number of ether oxygens (including phenoxy) is 1. The monoisotopic (exact) mass is 422 g/mol. The number of hydrogen-bond donors (Lipinski definition) is 0. The topological polar surface area (TPSA) is 49.4 Å². The summed E-state index contributed by atoms with van der Waals surface area (Å²) in [5.41, 5.74) is 0.218. The third kappa shape index (κ3) is 6.68. The number of halogens is 3. The molecule has 0 saturated carbocycles. The fourth-order valence-electron chi connectivity index (χ4n) is 2.97. The van der Waals surface area contributed by atoms with Gasteiger partial charge in [0.1, 0.15) is 0 Å². The van der Waals surface area contributed by atoms with Gasteiger partial charge >= 0.3 is 12.3 Å². The lowest BCUT2D eigenvalue weighted by Crippen LogP contribution is -2.32. The van der Waals surface area contributed by atoms with E-state index in [9.17, 15) is 23.1 Å². The Bertz CT molecular complexity index is 837. The summed E-state index contributed by atoms with van der Waals surface area (Å²) in [6.07, 6.45) is -1.53. The van der Waals surface area contributed by atoms with Crippen molar-refractivity contribution >= 4 is 6.09 Å². The van der Waals surface area contributed by atoms with Gasteiger partial charge in [-0.1, -0.05) is 44.9 Å². The van der Waals surface area contributed by atoms with Gasteiger partial charge < -0.3 is 9.64 Å². The summed E-state index contributed by atoms with van der Waals surface area (Å²) in [6.45, 7) is 5.15. The largest absolute Gasteiger partial charge is 0.449 e. The molecule has 2 rings (SSSR count). The van der Waals surface area contributed by atoms with Crippen LogP contribution in [0.2, 0.25) is 0 Å². The van der Waals surface area contributed by atoms with Gasteiger partial charge in [0.2, 0.25) is 0 Å². The Morgan fingerprint density at radius 2 is 1.77 bits per heavy atom. The molecule has 0 spiro atoms. The van der Waals surface area contributed by atoms with Crippen LogP contribution < -0.4 is 0 Å². The van der Waals surface area contributed by atoms with Crippen molar-refractivity contribution in [3.63, 3.8) is 0 Å². The van der Waals surface area contributed by atoms with E-state index in [1.807, 2.05) is 13.8 Å². The summed E-state index contributed by atoms with van der Waals surface area (Å²) in [7, 11) is 0. The molecule has 30 heavy (non-hydrogen) atoms. The first kappa shape index (κ1) is 23.6. The molecule has 4 nitrogen and oxygen atoms in total. The van der Waals surface area contributed by atoms with Gasteiger partial charge in [0, 0.05) is 18.7 Å². The second-order valence-corrected chi connectivity index (χ2v) is 7.15. The van der Waals surface area contributed by atoms with Crippen LogP contribution in [-0.2, 0) is 22.6 Å². The first-order valence-electron chi connectivity index (χ1n) is 10.2. The number of amides is 1. The zero-order valence-corrected chi connectivity index (χ0v) is 17.3. The van der Waals surface area contributed by atoms with Gasteiger partial charge in [-0.15, -0.1) is 0 Å². The van der Waals surface area contributed by atoms with E-state index in [1.54, 1.807) is 29.2 Å². The van der Waals surface area contributed by atoms with Crippen LogP contribution in [0.3, 0.4) is 0 Å². The van der Waals surface area contributed by atoms with Crippen LogP contribution in [0.25, 0.3) is 11.1 Å². The Kier molecular flexibility index (Phi) is 8.57. The van der Waals surface area contributed by atoms with Crippen LogP contribution in [0.15, 0.2) is 42.5 Å². The first-order chi connectivity index (χ1) is 14.3. The Morgan fingerprint density at radius 1 is 1.03 bits per heavy atom. The predicted octanol–water partition coefficient (Wildman–Crippen LogP) is 7.06. The van der Waals surface area contributed by atoms with Crippen molar-refractivity contribution in [1.82, 2.24) is 4.90 Å². The third-order valence-electron chi connectivity index (χ3n) is 4.68. The summed E-state index contributed by atoms with van der Waals surface area (Å²) in [6, 6.07) is 9.28. The van der Waals surface area contributed by atoms with Crippen LogP contribution in [0, 0.1) is 0 Å². The summed E-state index contributed by atoms with van der Waals surface area (Å²) >= 11 is 0. The molecule has 0 atom stereocenters. The van der Waals surface area contributed by atoms with Gasteiger partial charge in [0.15, 0.2) is 5.75 Å². The first-order valence-corrected chi connectivity index (χ1v) is 10.2. The number of alkyl halides is 3. The van der Waals surface area contributed by atoms with Gasteiger partial charge in [-0.2, -0.15) is 13.2 Å². The standard InChI is InChI=1S/C23H27F3NO3/c1-3-5-12-27(22(29)30-13-6-4-2)16-17-8-7-9-18(14-17)20-15-19(23(24,25)26)10-11-21(20)28/h7-11,14-15H,3-6,12-13,16H2,1-2H3. The molecule has 0 fully saturated rings. The van der Waals surface area contributed by atoms with Crippen molar-refractivity contribution in [3.05, 3.63) is 53.6 Å². The Balaban J connectivity index is 2.25. The highest BCUT2D eigenvalue weighted by atomic mass is 19.4. The fraction of sp³-hybridized carbons (Fsp3) is 0.435. The Morgan fingerprint density at radius 3 is 2.43 bits per heavy atom. The molecule has 0 saturated heterocycles. The minimum absolute atomic E-state index is 0.0164. The van der Waals surface area contributed by atoms with E-state index in [-0.39, 0.29) is 12.1 Å². The van der Waals surface area contributed by atoms with Crippen LogP contribution in [0.1, 0.15) is 50.7 Å². The molecule has 163 valence electrons. The highest BCUT2D eigenvalue weighted by molar-refractivity contribution is 5.72. The number of benzene rings is 2. The van der Waals surface area contributed by atoms with Gasteiger partial charge in [0.05, 0.1) is 12.2 Å². The van der Waals surface area contributed by atoms with Crippen molar-refractivity contribution in [1.29, 1.82) is 0 Å². The molecule has 2 aromatic carbocycles. The number of rotatable bonds is 9. The van der Waals surface area contributed by atoms with Crippen LogP contribution in [0.5, 0.6) is 5.75 Å². The van der Waals surface area contributed by atoms with Gasteiger partial charge in [-0.05, 0) is 48.2 Å². The van der Waals surface area contributed by atoms with E-state index >= 15 is 0 Å². The van der Waals surface area contributed by atoms with E-state index in [2.05, 4.69) is 0 Å². The maximum absolute atomic E-state index is 13.0. The zero-order chi connectivity index (χ0) is 22.1. The average molecular weight is 422 g/mol. The molecule has 0 heterocycles. The molecular weight excluding hydrogens is 395 g/mol. The minimum Gasteiger partial charge on any atom is -0.449 e. The Hall–Kier alpha value is -2.70. The highest BCUT2D eigenvalue weighted by Crippen LogP contribution is 2.37. The molecule has 0 unspecified atom stereocenters. The molecule has 0 N–H and O–H groups in total.